The Kier molecular flexibility index (Phi) is 4.84. The van der Waals surface area contributed by atoms with Crippen molar-refractivity contribution in [1.82, 2.24) is 0 Å². The van der Waals surface area contributed by atoms with Crippen LogP contribution in [0, 0.1) is 10.7 Å². The van der Waals surface area contributed by atoms with Crippen molar-refractivity contribution in [2.24, 2.45) is 0 Å². The molecular formula is C24H25NOS3. The number of aryl methyl sites for hydroxylation is 1. The van der Waals surface area contributed by atoms with Crippen molar-refractivity contribution >= 4 is 44.5 Å². The third-order valence-corrected chi connectivity index (χ3v) is 8.94. The third-order valence-electron chi connectivity index (χ3n) is 5.61. The second-order valence-corrected chi connectivity index (χ2v) is 12.0. The number of anilines is 1. The highest BCUT2D eigenvalue weighted by Gasteiger charge is 2.43. The SMILES string of the molecule is Cc1ccc2c(c1)N(C(=O)c1ccc(C(C)(C)C)cc1)C(C)(C)c1ssc(=S)c1-2. The van der Waals surface area contributed by atoms with Gasteiger partial charge in [0.05, 0.1) is 16.1 Å². The molecule has 1 aromatic heterocycles. The molecule has 0 bridgehead atoms. The summed E-state index contributed by atoms with van der Waals surface area (Å²) in [5, 5.41) is 0. The Morgan fingerprint density at radius 3 is 2.31 bits per heavy atom. The summed E-state index contributed by atoms with van der Waals surface area (Å²) in [6.07, 6.45) is 0. The van der Waals surface area contributed by atoms with Crippen LogP contribution in [0.2, 0.25) is 0 Å². The predicted molar refractivity (Wildman–Crippen MR) is 128 cm³/mol. The van der Waals surface area contributed by atoms with E-state index in [1.807, 2.05) is 17.0 Å². The monoisotopic (exact) mass is 439 g/mol. The summed E-state index contributed by atoms with van der Waals surface area (Å²) >= 11 is 5.66. The van der Waals surface area contributed by atoms with Crippen LogP contribution in [-0.2, 0) is 11.0 Å². The van der Waals surface area contributed by atoms with E-state index in [0.29, 0.717) is 5.56 Å². The van der Waals surface area contributed by atoms with Gasteiger partial charge in [0.2, 0.25) is 0 Å². The van der Waals surface area contributed by atoms with Crippen LogP contribution >= 0.6 is 32.9 Å². The van der Waals surface area contributed by atoms with E-state index in [-0.39, 0.29) is 11.3 Å². The molecule has 0 N–H and O–H groups in total. The van der Waals surface area contributed by atoms with E-state index in [0.717, 1.165) is 26.2 Å². The van der Waals surface area contributed by atoms with Crippen molar-refractivity contribution in [1.29, 1.82) is 0 Å². The van der Waals surface area contributed by atoms with Gasteiger partial charge in [-0.1, -0.05) is 77.9 Å². The van der Waals surface area contributed by atoms with Crippen LogP contribution in [-0.4, -0.2) is 5.91 Å². The first-order chi connectivity index (χ1) is 13.5. The molecule has 1 amide bonds. The maximum absolute atomic E-state index is 13.8. The first kappa shape index (κ1) is 20.5. The van der Waals surface area contributed by atoms with Crippen molar-refractivity contribution in [2.45, 2.75) is 52.5 Å². The van der Waals surface area contributed by atoms with Gasteiger partial charge in [0, 0.05) is 16.7 Å². The quantitative estimate of drug-likeness (QED) is 0.286. The van der Waals surface area contributed by atoms with Gasteiger partial charge in [0.1, 0.15) is 3.82 Å². The van der Waals surface area contributed by atoms with E-state index in [2.05, 4.69) is 71.9 Å². The van der Waals surface area contributed by atoms with Crippen molar-refractivity contribution in [3.05, 3.63) is 67.9 Å². The molecule has 4 rings (SSSR count). The number of nitrogens with zero attached hydrogens (tertiary/aromatic N) is 1. The molecule has 0 saturated heterocycles. The average Bonchev–Trinajstić information content (AvgIpc) is 3.03. The van der Waals surface area contributed by atoms with Crippen molar-refractivity contribution in [3.63, 3.8) is 0 Å². The lowest BCUT2D eigenvalue weighted by Crippen LogP contribution is -2.47. The molecule has 5 heteroatoms. The molecule has 3 aromatic rings. The fourth-order valence-corrected chi connectivity index (χ4v) is 7.22. The molecule has 2 aromatic carbocycles. The van der Waals surface area contributed by atoms with Gasteiger partial charge in [-0.15, -0.1) is 0 Å². The minimum atomic E-state index is -0.464. The largest absolute Gasteiger partial charge is 0.297 e. The summed E-state index contributed by atoms with van der Waals surface area (Å²) in [5.74, 6) is 0.0253. The van der Waals surface area contributed by atoms with E-state index in [9.17, 15) is 4.79 Å². The Morgan fingerprint density at radius 2 is 1.69 bits per heavy atom. The number of amides is 1. The fraction of sp³-hybridized carbons (Fsp3) is 0.333. The smallest absolute Gasteiger partial charge is 0.259 e. The van der Waals surface area contributed by atoms with Gasteiger partial charge in [-0.25, -0.2) is 0 Å². The molecule has 2 heterocycles. The summed E-state index contributed by atoms with van der Waals surface area (Å²) in [7, 11) is 3.32. The number of hydrogen-bond acceptors (Lipinski definition) is 4. The first-order valence-electron chi connectivity index (χ1n) is 9.71. The van der Waals surface area contributed by atoms with Gasteiger partial charge >= 0.3 is 0 Å². The average molecular weight is 440 g/mol. The zero-order valence-electron chi connectivity index (χ0n) is 17.6. The number of carbonyl (C=O) groups excluding carboxylic acids is 1. The maximum Gasteiger partial charge on any atom is 0.259 e. The third kappa shape index (κ3) is 3.29. The predicted octanol–water partition coefficient (Wildman–Crippen LogP) is 7.71. The van der Waals surface area contributed by atoms with Crippen LogP contribution in [0.1, 0.15) is 61.0 Å². The van der Waals surface area contributed by atoms with Crippen LogP contribution in [0.5, 0.6) is 0 Å². The highest BCUT2D eigenvalue weighted by Crippen LogP contribution is 2.52. The van der Waals surface area contributed by atoms with E-state index in [1.54, 1.807) is 20.7 Å². The Hall–Kier alpha value is -1.82. The number of fused-ring (bicyclic) bond motifs is 3. The van der Waals surface area contributed by atoms with Crippen LogP contribution < -0.4 is 4.90 Å². The second-order valence-electron chi connectivity index (χ2n) is 9.21. The molecule has 0 saturated carbocycles. The lowest BCUT2D eigenvalue weighted by Gasteiger charge is -2.43. The van der Waals surface area contributed by atoms with Gasteiger partial charge in [0.25, 0.3) is 5.91 Å². The molecule has 0 aliphatic carbocycles. The van der Waals surface area contributed by atoms with Crippen LogP contribution in [0.25, 0.3) is 11.1 Å². The summed E-state index contributed by atoms with van der Waals surface area (Å²) in [6.45, 7) is 12.9. The second kappa shape index (κ2) is 6.86. The minimum absolute atomic E-state index is 0.0253. The van der Waals surface area contributed by atoms with Gasteiger partial charge in [0.15, 0.2) is 0 Å². The molecule has 0 fully saturated rings. The number of benzene rings is 2. The van der Waals surface area contributed by atoms with Crippen LogP contribution in [0.4, 0.5) is 5.69 Å². The Labute approximate surface area is 185 Å². The summed E-state index contributed by atoms with van der Waals surface area (Å²) in [4.78, 5) is 16.9. The van der Waals surface area contributed by atoms with Gasteiger partial charge in [-0.2, -0.15) is 0 Å². The number of carbonyl (C=O) groups is 1. The van der Waals surface area contributed by atoms with Gasteiger partial charge in [-0.05, 0) is 55.5 Å². The molecule has 1 aliphatic rings. The molecule has 0 spiro atoms. The van der Waals surface area contributed by atoms with E-state index >= 15 is 0 Å². The highest BCUT2D eigenvalue weighted by atomic mass is 32.9. The zero-order valence-corrected chi connectivity index (χ0v) is 20.1. The molecule has 0 atom stereocenters. The van der Waals surface area contributed by atoms with Gasteiger partial charge < -0.3 is 0 Å². The fourth-order valence-electron chi connectivity index (χ4n) is 3.94. The Morgan fingerprint density at radius 1 is 1.03 bits per heavy atom. The normalized spacial score (nSPS) is 15.0. The van der Waals surface area contributed by atoms with Crippen LogP contribution in [0.3, 0.4) is 0 Å². The van der Waals surface area contributed by atoms with E-state index < -0.39 is 5.54 Å². The lowest BCUT2D eigenvalue weighted by molar-refractivity contribution is 0.0961. The van der Waals surface area contributed by atoms with Crippen molar-refractivity contribution < 1.29 is 4.79 Å². The molecule has 2 nitrogen and oxygen atoms in total. The standard InChI is InChI=1S/C24H25NOS3/c1-14-7-12-17-18(13-14)25(24(5,6)20-19(17)22(27)29-28-20)21(26)15-8-10-16(11-9-15)23(2,3)4/h7-13H,1-6H3. The van der Waals surface area contributed by atoms with Crippen molar-refractivity contribution in [3.8, 4) is 11.1 Å². The molecular weight excluding hydrogens is 414 g/mol. The molecule has 0 unspecified atom stereocenters. The molecule has 29 heavy (non-hydrogen) atoms. The molecule has 1 aliphatic heterocycles. The highest BCUT2D eigenvalue weighted by molar-refractivity contribution is 7.80. The van der Waals surface area contributed by atoms with Gasteiger partial charge in [-0.3, -0.25) is 9.69 Å². The maximum atomic E-state index is 13.8. The van der Waals surface area contributed by atoms with E-state index in [4.69, 9.17) is 12.2 Å². The zero-order chi connectivity index (χ0) is 21.1. The van der Waals surface area contributed by atoms with Crippen LogP contribution in [0.15, 0.2) is 42.5 Å². The minimum Gasteiger partial charge on any atom is -0.297 e. The summed E-state index contributed by atoms with van der Waals surface area (Å²) < 4.78 is 0.907. The lowest BCUT2D eigenvalue weighted by atomic mass is 9.85. The first-order valence-corrected chi connectivity index (χ1v) is 12.3. The summed E-state index contributed by atoms with van der Waals surface area (Å²) in [5.41, 5.74) is 5.80. The Balaban J connectivity index is 1.88. The number of rotatable bonds is 1. The molecule has 0 radical (unpaired) electrons. The van der Waals surface area contributed by atoms with Crippen molar-refractivity contribution in [2.75, 3.05) is 4.90 Å². The molecule has 150 valence electrons. The van der Waals surface area contributed by atoms with E-state index in [1.165, 1.54) is 10.4 Å². The summed E-state index contributed by atoms with van der Waals surface area (Å²) in [6, 6.07) is 14.4. The Bertz CT molecular complexity index is 1160. The number of hydrogen-bond donors (Lipinski definition) is 0. The topological polar surface area (TPSA) is 20.3 Å².